The molecule has 4 heteroatoms. The number of carbonyl (C=O) groups excluding carboxylic acids is 1. The van der Waals surface area contributed by atoms with Gasteiger partial charge in [0.25, 0.3) is 5.91 Å². The van der Waals surface area contributed by atoms with Gasteiger partial charge in [0.2, 0.25) is 0 Å². The second kappa shape index (κ2) is 6.80. The van der Waals surface area contributed by atoms with Crippen LogP contribution in [0.3, 0.4) is 0 Å². The van der Waals surface area contributed by atoms with Crippen molar-refractivity contribution in [3.8, 4) is 0 Å². The van der Waals surface area contributed by atoms with E-state index < -0.39 is 0 Å². The van der Waals surface area contributed by atoms with Gasteiger partial charge in [0.05, 0.1) is 0 Å². The molecule has 0 saturated heterocycles. The van der Waals surface area contributed by atoms with Crippen LogP contribution in [0.5, 0.6) is 0 Å². The standard InChI is InChI=1S/C16H19N3O/c1-13(2)11-19(12-14-6-5-8-17-10-14)16(20)15-7-3-4-9-18-15/h3-10,13H,11-12H2,1-2H3. The van der Waals surface area contributed by atoms with Gasteiger partial charge in [-0.15, -0.1) is 0 Å². The fourth-order valence-corrected chi connectivity index (χ4v) is 2.02. The molecular weight excluding hydrogens is 250 g/mol. The molecule has 0 radical (unpaired) electrons. The van der Waals surface area contributed by atoms with E-state index in [2.05, 4.69) is 23.8 Å². The summed E-state index contributed by atoms with van der Waals surface area (Å²) in [5.74, 6) is 0.363. The third kappa shape index (κ3) is 3.88. The van der Waals surface area contributed by atoms with E-state index in [1.807, 2.05) is 29.2 Å². The second-order valence-corrected chi connectivity index (χ2v) is 5.16. The van der Waals surface area contributed by atoms with Gasteiger partial charge in [-0.05, 0) is 29.7 Å². The fourth-order valence-electron chi connectivity index (χ4n) is 2.02. The van der Waals surface area contributed by atoms with Crippen LogP contribution >= 0.6 is 0 Å². The molecule has 0 N–H and O–H groups in total. The summed E-state index contributed by atoms with van der Waals surface area (Å²) in [7, 11) is 0. The molecule has 0 fully saturated rings. The fraction of sp³-hybridized carbons (Fsp3) is 0.312. The molecule has 4 nitrogen and oxygen atoms in total. The molecular formula is C16H19N3O. The van der Waals surface area contributed by atoms with Gasteiger partial charge in [-0.1, -0.05) is 26.0 Å². The summed E-state index contributed by atoms with van der Waals surface area (Å²) in [6.45, 7) is 5.45. The predicted molar refractivity (Wildman–Crippen MR) is 78.1 cm³/mol. The maximum atomic E-state index is 12.5. The monoisotopic (exact) mass is 269 g/mol. The third-order valence-electron chi connectivity index (χ3n) is 2.85. The number of aromatic nitrogens is 2. The zero-order valence-electron chi connectivity index (χ0n) is 11.9. The van der Waals surface area contributed by atoms with Crippen LogP contribution in [0.2, 0.25) is 0 Å². The van der Waals surface area contributed by atoms with E-state index in [4.69, 9.17) is 0 Å². The molecule has 2 rings (SSSR count). The lowest BCUT2D eigenvalue weighted by atomic mass is 10.1. The molecule has 0 saturated carbocycles. The Labute approximate surface area is 119 Å². The zero-order chi connectivity index (χ0) is 14.4. The highest BCUT2D eigenvalue weighted by molar-refractivity contribution is 5.92. The average molecular weight is 269 g/mol. The summed E-state index contributed by atoms with van der Waals surface area (Å²) in [6, 6.07) is 9.25. The minimum absolute atomic E-state index is 0.0387. The van der Waals surface area contributed by atoms with Crippen molar-refractivity contribution in [2.24, 2.45) is 5.92 Å². The molecule has 2 aromatic rings. The first-order valence-electron chi connectivity index (χ1n) is 6.76. The normalized spacial score (nSPS) is 10.6. The number of rotatable bonds is 5. The first-order valence-corrected chi connectivity index (χ1v) is 6.76. The summed E-state index contributed by atoms with van der Waals surface area (Å²) in [5, 5.41) is 0. The van der Waals surface area contributed by atoms with Crippen molar-refractivity contribution in [3.63, 3.8) is 0 Å². The Morgan fingerprint density at radius 2 is 2.05 bits per heavy atom. The Morgan fingerprint density at radius 1 is 1.20 bits per heavy atom. The SMILES string of the molecule is CC(C)CN(Cc1cccnc1)C(=O)c1ccccn1. The van der Waals surface area contributed by atoms with Gasteiger partial charge in [0.15, 0.2) is 0 Å². The van der Waals surface area contributed by atoms with Crippen molar-refractivity contribution in [2.75, 3.05) is 6.54 Å². The lowest BCUT2D eigenvalue weighted by molar-refractivity contribution is 0.0716. The Balaban J connectivity index is 2.17. The highest BCUT2D eigenvalue weighted by atomic mass is 16.2. The van der Waals surface area contributed by atoms with Crippen LogP contribution in [0, 0.1) is 5.92 Å². The summed E-state index contributed by atoms with van der Waals surface area (Å²) in [4.78, 5) is 22.6. The van der Waals surface area contributed by atoms with Gasteiger partial charge in [-0.3, -0.25) is 14.8 Å². The molecule has 2 aromatic heterocycles. The molecule has 0 spiro atoms. The van der Waals surface area contributed by atoms with Crippen molar-refractivity contribution in [3.05, 3.63) is 60.2 Å². The number of nitrogens with zero attached hydrogens (tertiary/aromatic N) is 3. The molecule has 0 atom stereocenters. The zero-order valence-corrected chi connectivity index (χ0v) is 11.9. The Kier molecular flexibility index (Phi) is 4.82. The van der Waals surface area contributed by atoms with Crippen LogP contribution in [-0.4, -0.2) is 27.3 Å². The largest absolute Gasteiger partial charge is 0.333 e. The van der Waals surface area contributed by atoms with Crippen molar-refractivity contribution in [1.29, 1.82) is 0 Å². The van der Waals surface area contributed by atoms with Crippen molar-refractivity contribution >= 4 is 5.91 Å². The first kappa shape index (κ1) is 14.2. The summed E-state index contributed by atoms with van der Waals surface area (Å²) >= 11 is 0. The van der Waals surface area contributed by atoms with E-state index in [0.717, 1.165) is 5.56 Å². The number of hydrogen-bond acceptors (Lipinski definition) is 3. The second-order valence-electron chi connectivity index (χ2n) is 5.16. The van der Waals surface area contributed by atoms with E-state index in [1.165, 1.54) is 0 Å². The predicted octanol–water partition coefficient (Wildman–Crippen LogP) is 2.78. The summed E-state index contributed by atoms with van der Waals surface area (Å²) in [6.07, 6.45) is 5.17. The van der Waals surface area contributed by atoms with Crippen LogP contribution < -0.4 is 0 Å². The van der Waals surface area contributed by atoms with Gasteiger partial charge in [-0.2, -0.15) is 0 Å². The minimum Gasteiger partial charge on any atom is -0.333 e. The average Bonchev–Trinajstić information content (AvgIpc) is 2.47. The van der Waals surface area contributed by atoms with Crippen molar-refractivity contribution in [1.82, 2.24) is 14.9 Å². The highest BCUT2D eigenvalue weighted by Crippen LogP contribution is 2.10. The Hall–Kier alpha value is -2.23. The molecule has 0 aliphatic rings. The topological polar surface area (TPSA) is 46.1 Å². The Morgan fingerprint density at radius 3 is 2.65 bits per heavy atom. The maximum Gasteiger partial charge on any atom is 0.272 e. The lowest BCUT2D eigenvalue weighted by Gasteiger charge is -2.24. The van der Waals surface area contributed by atoms with Gasteiger partial charge >= 0.3 is 0 Å². The highest BCUT2D eigenvalue weighted by Gasteiger charge is 2.18. The maximum absolute atomic E-state index is 12.5. The molecule has 1 amide bonds. The molecule has 104 valence electrons. The van der Waals surface area contributed by atoms with Crippen molar-refractivity contribution in [2.45, 2.75) is 20.4 Å². The van der Waals surface area contributed by atoms with E-state index in [9.17, 15) is 4.79 Å². The third-order valence-corrected chi connectivity index (χ3v) is 2.85. The van der Waals surface area contributed by atoms with Crippen LogP contribution in [0.25, 0.3) is 0 Å². The Bertz CT molecular complexity index is 540. The van der Waals surface area contributed by atoms with Crippen LogP contribution in [0.1, 0.15) is 29.9 Å². The lowest BCUT2D eigenvalue weighted by Crippen LogP contribution is -2.34. The molecule has 0 aliphatic heterocycles. The molecule has 0 aromatic carbocycles. The van der Waals surface area contributed by atoms with Crippen LogP contribution in [0.4, 0.5) is 0 Å². The van der Waals surface area contributed by atoms with Crippen molar-refractivity contribution < 1.29 is 4.79 Å². The summed E-state index contributed by atoms with van der Waals surface area (Å²) < 4.78 is 0. The molecule has 0 aliphatic carbocycles. The molecule has 0 bridgehead atoms. The van der Waals surface area contributed by atoms with Gasteiger partial charge in [0.1, 0.15) is 5.69 Å². The quantitative estimate of drug-likeness (QED) is 0.838. The number of pyridine rings is 2. The van der Waals surface area contributed by atoms with Gasteiger partial charge in [-0.25, -0.2) is 0 Å². The van der Waals surface area contributed by atoms with E-state index >= 15 is 0 Å². The number of hydrogen-bond donors (Lipinski definition) is 0. The van der Waals surface area contributed by atoms with Gasteiger partial charge in [0, 0.05) is 31.7 Å². The van der Waals surface area contributed by atoms with Gasteiger partial charge < -0.3 is 4.90 Å². The van der Waals surface area contributed by atoms with E-state index in [1.54, 1.807) is 24.7 Å². The molecule has 2 heterocycles. The van der Waals surface area contributed by atoms with Crippen LogP contribution in [0.15, 0.2) is 48.9 Å². The smallest absolute Gasteiger partial charge is 0.272 e. The number of amides is 1. The first-order chi connectivity index (χ1) is 9.66. The van der Waals surface area contributed by atoms with E-state index in [-0.39, 0.29) is 5.91 Å². The molecule has 0 unspecified atom stereocenters. The minimum atomic E-state index is -0.0387. The molecule has 20 heavy (non-hydrogen) atoms. The summed E-state index contributed by atoms with van der Waals surface area (Å²) in [5.41, 5.74) is 1.51. The van der Waals surface area contributed by atoms with E-state index in [0.29, 0.717) is 24.7 Å². The van der Waals surface area contributed by atoms with Crippen LogP contribution in [-0.2, 0) is 6.54 Å². The number of carbonyl (C=O) groups is 1.